The summed E-state index contributed by atoms with van der Waals surface area (Å²) in [6.07, 6.45) is 1.13. The summed E-state index contributed by atoms with van der Waals surface area (Å²) in [6, 6.07) is 8.97. The van der Waals surface area contributed by atoms with E-state index >= 15 is 0 Å². The summed E-state index contributed by atoms with van der Waals surface area (Å²) in [6.45, 7) is -0.188. The molecule has 1 N–H and O–H groups in total. The van der Waals surface area contributed by atoms with Gasteiger partial charge in [-0.1, -0.05) is 11.6 Å². The standard InChI is InChI=1S/C14H14ClNO5S/c15-11-3-5-13(6-4-11)22(19,20)16(8-7-14(17)18)10-12-2-1-9-21-12/h1-6,9H,7-8,10H2,(H,17,18). The molecule has 22 heavy (non-hydrogen) atoms. The fraction of sp³-hybridized carbons (Fsp3) is 0.214. The molecule has 2 rings (SSSR count). The van der Waals surface area contributed by atoms with Crippen LogP contribution in [0, 0.1) is 0 Å². The second-order valence-electron chi connectivity index (χ2n) is 4.52. The Kier molecular flexibility index (Phi) is 5.23. The first-order valence-corrected chi connectivity index (χ1v) is 8.21. The third-order valence-electron chi connectivity index (χ3n) is 2.94. The summed E-state index contributed by atoms with van der Waals surface area (Å²) in [7, 11) is -3.84. The van der Waals surface area contributed by atoms with Crippen molar-refractivity contribution in [1.29, 1.82) is 0 Å². The highest BCUT2D eigenvalue weighted by Gasteiger charge is 2.26. The lowest BCUT2D eigenvalue weighted by Gasteiger charge is -2.20. The number of carboxylic acid groups (broad SMARTS) is 1. The number of hydrogen-bond donors (Lipinski definition) is 1. The lowest BCUT2D eigenvalue weighted by molar-refractivity contribution is -0.137. The van der Waals surface area contributed by atoms with E-state index in [9.17, 15) is 13.2 Å². The zero-order chi connectivity index (χ0) is 16.2. The molecule has 118 valence electrons. The minimum absolute atomic E-state index is 0.0365. The van der Waals surface area contributed by atoms with Gasteiger partial charge in [-0.3, -0.25) is 4.79 Å². The second-order valence-corrected chi connectivity index (χ2v) is 6.89. The second kappa shape index (κ2) is 6.95. The van der Waals surface area contributed by atoms with Crippen LogP contribution in [0.25, 0.3) is 0 Å². The summed E-state index contributed by atoms with van der Waals surface area (Å²) >= 11 is 5.76. The third-order valence-corrected chi connectivity index (χ3v) is 5.05. The maximum Gasteiger partial charge on any atom is 0.304 e. The molecule has 0 saturated heterocycles. The van der Waals surface area contributed by atoms with Crippen LogP contribution in [0.2, 0.25) is 5.02 Å². The Bertz CT molecular complexity index is 725. The minimum atomic E-state index is -3.84. The van der Waals surface area contributed by atoms with Crippen LogP contribution in [-0.4, -0.2) is 30.3 Å². The van der Waals surface area contributed by atoms with Crippen LogP contribution in [0.1, 0.15) is 12.2 Å². The van der Waals surface area contributed by atoms with Gasteiger partial charge >= 0.3 is 5.97 Å². The number of furan rings is 1. The summed E-state index contributed by atoms with van der Waals surface area (Å²) in [5.41, 5.74) is 0. The largest absolute Gasteiger partial charge is 0.481 e. The fourth-order valence-electron chi connectivity index (χ4n) is 1.84. The van der Waals surface area contributed by atoms with Gasteiger partial charge < -0.3 is 9.52 Å². The average molecular weight is 344 g/mol. The molecule has 6 nitrogen and oxygen atoms in total. The van der Waals surface area contributed by atoms with Crippen molar-refractivity contribution in [3.05, 3.63) is 53.4 Å². The molecule has 0 radical (unpaired) electrons. The molecule has 0 atom stereocenters. The average Bonchev–Trinajstić information content (AvgIpc) is 2.96. The number of aliphatic carboxylic acids is 1. The van der Waals surface area contributed by atoms with E-state index in [-0.39, 0.29) is 24.4 Å². The maximum absolute atomic E-state index is 12.6. The van der Waals surface area contributed by atoms with E-state index in [4.69, 9.17) is 21.1 Å². The molecule has 2 aromatic rings. The van der Waals surface area contributed by atoms with Gasteiger partial charge in [-0.15, -0.1) is 0 Å². The zero-order valence-electron chi connectivity index (χ0n) is 11.5. The van der Waals surface area contributed by atoms with Gasteiger partial charge in [-0.05, 0) is 36.4 Å². The first-order valence-electron chi connectivity index (χ1n) is 6.39. The number of hydrogen-bond acceptors (Lipinski definition) is 4. The van der Waals surface area contributed by atoms with Gasteiger partial charge in [0.2, 0.25) is 10.0 Å². The van der Waals surface area contributed by atoms with E-state index in [1.165, 1.54) is 30.5 Å². The molecule has 0 fully saturated rings. The number of carboxylic acids is 1. The Morgan fingerprint density at radius 1 is 1.23 bits per heavy atom. The number of sulfonamides is 1. The molecule has 0 aliphatic heterocycles. The Labute approximate surface area is 133 Å². The van der Waals surface area contributed by atoms with Crippen molar-refractivity contribution in [3.8, 4) is 0 Å². The monoisotopic (exact) mass is 343 g/mol. The molecular weight excluding hydrogens is 330 g/mol. The van der Waals surface area contributed by atoms with Gasteiger partial charge in [-0.25, -0.2) is 8.42 Å². The molecule has 0 bridgehead atoms. The third kappa shape index (κ3) is 4.09. The van der Waals surface area contributed by atoms with Gasteiger partial charge in [0.15, 0.2) is 0 Å². The van der Waals surface area contributed by atoms with Crippen LogP contribution in [-0.2, 0) is 21.4 Å². The van der Waals surface area contributed by atoms with E-state index in [1.807, 2.05) is 0 Å². The van der Waals surface area contributed by atoms with Gasteiger partial charge in [0.25, 0.3) is 0 Å². The molecule has 0 aliphatic carbocycles. The lowest BCUT2D eigenvalue weighted by atomic mass is 10.4. The van der Waals surface area contributed by atoms with Crippen molar-refractivity contribution in [2.75, 3.05) is 6.54 Å². The lowest BCUT2D eigenvalue weighted by Crippen LogP contribution is -2.32. The Hall–Kier alpha value is -1.83. The van der Waals surface area contributed by atoms with Crippen LogP contribution in [0.3, 0.4) is 0 Å². The molecule has 0 unspecified atom stereocenters. The van der Waals surface area contributed by atoms with Crippen LogP contribution < -0.4 is 0 Å². The van der Waals surface area contributed by atoms with Crippen LogP contribution >= 0.6 is 11.6 Å². The number of rotatable bonds is 7. The molecular formula is C14H14ClNO5S. The predicted molar refractivity (Wildman–Crippen MR) is 80.0 cm³/mol. The van der Waals surface area contributed by atoms with Crippen LogP contribution in [0.15, 0.2) is 52.0 Å². The van der Waals surface area contributed by atoms with E-state index in [2.05, 4.69) is 0 Å². The first-order chi connectivity index (χ1) is 10.4. The normalized spacial score (nSPS) is 11.7. The highest BCUT2D eigenvalue weighted by molar-refractivity contribution is 7.89. The maximum atomic E-state index is 12.6. The fourth-order valence-corrected chi connectivity index (χ4v) is 3.37. The van der Waals surface area contributed by atoms with Crippen LogP contribution in [0.5, 0.6) is 0 Å². The molecule has 0 amide bonds. The molecule has 1 heterocycles. The van der Waals surface area contributed by atoms with Crippen molar-refractivity contribution in [2.45, 2.75) is 17.9 Å². The highest BCUT2D eigenvalue weighted by atomic mass is 35.5. The van der Waals surface area contributed by atoms with E-state index in [0.29, 0.717) is 10.8 Å². The van der Waals surface area contributed by atoms with Gasteiger partial charge in [0.1, 0.15) is 5.76 Å². The summed E-state index contributed by atoms with van der Waals surface area (Å²) < 4.78 is 31.5. The SMILES string of the molecule is O=C(O)CCN(Cc1ccco1)S(=O)(=O)c1ccc(Cl)cc1. The van der Waals surface area contributed by atoms with Gasteiger partial charge in [0.05, 0.1) is 24.1 Å². The Morgan fingerprint density at radius 2 is 1.91 bits per heavy atom. The van der Waals surface area contributed by atoms with E-state index < -0.39 is 16.0 Å². The molecule has 8 heteroatoms. The molecule has 1 aromatic heterocycles. The molecule has 0 saturated carbocycles. The summed E-state index contributed by atoms with van der Waals surface area (Å²) in [5.74, 6) is -0.640. The van der Waals surface area contributed by atoms with Crippen molar-refractivity contribution in [2.24, 2.45) is 0 Å². The van der Waals surface area contributed by atoms with Crippen molar-refractivity contribution in [1.82, 2.24) is 4.31 Å². The first kappa shape index (κ1) is 16.5. The topological polar surface area (TPSA) is 87.8 Å². The highest BCUT2D eigenvalue weighted by Crippen LogP contribution is 2.21. The quantitative estimate of drug-likeness (QED) is 0.834. The van der Waals surface area contributed by atoms with Crippen LogP contribution in [0.4, 0.5) is 0 Å². The summed E-state index contributed by atoms with van der Waals surface area (Å²) in [5, 5.41) is 9.22. The predicted octanol–water partition coefficient (Wildman–Crippen LogP) is 2.60. The summed E-state index contributed by atoms with van der Waals surface area (Å²) in [4.78, 5) is 10.8. The smallest absolute Gasteiger partial charge is 0.304 e. The van der Waals surface area contributed by atoms with Gasteiger partial charge in [0, 0.05) is 11.6 Å². The van der Waals surface area contributed by atoms with E-state index in [0.717, 1.165) is 4.31 Å². The number of benzene rings is 1. The molecule has 1 aromatic carbocycles. The Balaban J connectivity index is 2.29. The van der Waals surface area contributed by atoms with E-state index in [1.54, 1.807) is 12.1 Å². The molecule has 0 spiro atoms. The number of carbonyl (C=O) groups is 1. The van der Waals surface area contributed by atoms with Crippen molar-refractivity contribution < 1.29 is 22.7 Å². The van der Waals surface area contributed by atoms with Gasteiger partial charge in [-0.2, -0.15) is 4.31 Å². The number of nitrogens with zero attached hydrogens (tertiary/aromatic N) is 1. The number of halogens is 1. The Morgan fingerprint density at radius 3 is 2.45 bits per heavy atom. The zero-order valence-corrected chi connectivity index (χ0v) is 13.0. The minimum Gasteiger partial charge on any atom is -0.481 e. The van der Waals surface area contributed by atoms with Crippen molar-refractivity contribution in [3.63, 3.8) is 0 Å². The molecule has 0 aliphatic rings. The van der Waals surface area contributed by atoms with Crippen molar-refractivity contribution >= 4 is 27.6 Å².